The summed E-state index contributed by atoms with van der Waals surface area (Å²) in [5, 5.41) is 7.45. The summed E-state index contributed by atoms with van der Waals surface area (Å²) >= 11 is 6.02. The Hall–Kier alpha value is -1.82. The van der Waals surface area contributed by atoms with Gasteiger partial charge in [0, 0.05) is 18.0 Å². The van der Waals surface area contributed by atoms with Crippen molar-refractivity contribution < 1.29 is 4.52 Å². The van der Waals surface area contributed by atoms with Gasteiger partial charge < -0.3 is 15.6 Å². The predicted molar refractivity (Wildman–Crippen MR) is 74.3 cm³/mol. The number of hydrogen-bond donors (Lipinski definition) is 2. The molecule has 0 saturated heterocycles. The zero-order valence-corrected chi connectivity index (χ0v) is 11.8. The highest BCUT2D eigenvalue weighted by Crippen LogP contribution is 2.26. The molecule has 2 heterocycles. The summed E-state index contributed by atoms with van der Waals surface area (Å²) in [5.41, 5.74) is 7.63. The number of nitrogens with two attached hydrogens (primary N) is 1. The van der Waals surface area contributed by atoms with E-state index in [0.29, 0.717) is 17.4 Å². The van der Waals surface area contributed by atoms with E-state index in [2.05, 4.69) is 27.4 Å². The van der Waals surface area contributed by atoms with E-state index in [-0.39, 0.29) is 11.7 Å². The third kappa shape index (κ3) is 2.78. The number of nitrogens with one attached hydrogen (secondary N) is 1. The second kappa shape index (κ2) is 5.44. The van der Waals surface area contributed by atoms with Crippen LogP contribution in [0.3, 0.4) is 0 Å². The Balaban J connectivity index is 2.09. The lowest BCUT2D eigenvalue weighted by molar-refractivity contribution is 0.391. The summed E-state index contributed by atoms with van der Waals surface area (Å²) in [7, 11) is 0. The van der Waals surface area contributed by atoms with Gasteiger partial charge in [0.25, 0.3) is 0 Å². The molecule has 0 aliphatic rings. The zero-order valence-electron chi connectivity index (χ0n) is 11.1. The van der Waals surface area contributed by atoms with Crippen LogP contribution in [0.2, 0.25) is 5.02 Å². The fourth-order valence-electron chi connectivity index (χ4n) is 2.05. The summed E-state index contributed by atoms with van der Waals surface area (Å²) in [4.78, 5) is 7.88. The van der Waals surface area contributed by atoms with Crippen LogP contribution in [0.1, 0.15) is 29.9 Å². The molecule has 1 atom stereocenters. The van der Waals surface area contributed by atoms with Gasteiger partial charge in [0.15, 0.2) is 0 Å². The molecule has 6 nitrogen and oxygen atoms in total. The number of halogens is 1. The Bertz CT molecular complexity index is 564. The minimum absolute atomic E-state index is 0.221. The third-order valence-electron chi connectivity index (χ3n) is 2.97. The number of nitrogens with zero attached hydrogens (tertiary/aromatic N) is 3. The highest BCUT2D eigenvalue weighted by molar-refractivity contribution is 6.35. The van der Waals surface area contributed by atoms with Crippen LogP contribution in [0, 0.1) is 13.8 Å². The average Bonchev–Trinajstić information content (AvgIpc) is 2.71. The van der Waals surface area contributed by atoms with Crippen LogP contribution < -0.4 is 11.1 Å². The van der Waals surface area contributed by atoms with Gasteiger partial charge >= 0.3 is 0 Å². The second-order valence-corrected chi connectivity index (χ2v) is 4.82. The molecule has 7 heteroatoms. The van der Waals surface area contributed by atoms with Gasteiger partial charge in [-0.2, -0.15) is 0 Å². The first kappa shape index (κ1) is 13.6. The van der Waals surface area contributed by atoms with Crippen molar-refractivity contribution in [2.45, 2.75) is 26.7 Å². The second-order valence-electron chi connectivity index (χ2n) is 4.44. The van der Waals surface area contributed by atoms with Crippen molar-refractivity contribution in [3.05, 3.63) is 28.4 Å². The highest BCUT2D eigenvalue weighted by Gasteiger charge is 2.17. The first-order valence-corrected chi connectivity index (χ1v) is 6.31. The lowest BCUT2D eigenvalue weighted by atomic mass is 10.00. The first-order chi connectivity index (χ1) is 9.00. The molecule has 0 aliphatic carbocycles. The van der Waals surface area contributed by atoms with Crippen molar-refractivity contribution in [1.82, 2.24) is 15.1 Å². The normalized spacial score (nSPS) is 12.4. The maximum Gasteiger partial charge on any atom is 0.150 e. The fraction of sp³-hybridized carbons (Fsp3) is 0.417. The summed E-state index contributed by atoms with van der Waals surface area (Å²) in [5.74, 6) is 1.86. The summed E-state index contributed by atoms with van der Waals surface area (Å²) in [6.45, 7) is 6.57. The summed E-state index contributed by atoms with van der Waals surface area (Å²) in [6.07, 6.45) is 1.38. The van der Waals surface area contributed by atoms with E-state index in [0.717, 1.165) is 17.0 Å². The molecule has 0 saturated carbocycles. The van der Waals surface area contributed by atoms with E-state index in [4.69, 9.17) is 21.9 Å². The number of nitrogen functional groups attached to an aromatic ring is 1. The minimum atomic E-state index is 0.221. The van der Waals surface area contributed by atoms with Crippen molar-refractivity contribution in [2.75, 3.05) is 17.6 Å². The SMILES string of the molecule is Cc1noc(C)c1[C@H](C)CNc1ncnc(N)c1Cl. The van der Waals surface area contributed by atoms with Crippen LogP contribution in [0.25, 0.3) is 0 Å². The lowest BCUT2D eigenvalue weighted by Crippen LogP contribution is -2.13. The molecule has 3 N–H and O–H groups in total. The Kier molecular flexibility index (Phi) is 3.90. The molecule has 0 bridgehead atoms. The molecule has 0 aliphatic heterocycles. The van der Waals surface area contributed by atoms with E-state index in [1.165, 1.54) is 6.33 Å². The Morgan fingerprint density at radius 2 is 2.16 bits per heavy atom. The van der Waals surface area contributed by atoms with Gasteiger partial charge in [-0.1, -0.05) is 23.7 Å². The average molecular weight is 282 g/mol. The fourth-order valence-corrected chi connectivity index (χ4v) is 2.22. The van der Waals surface area contributed by atoms with Crippen molar-refractivity contribution in [2.24, 2.45) is 0 Å². The van der Waals surface area contributed by atoms with Gasteiger partial charge in [0.2, 0.25) is 0 Å². The molecule has 0 radical (unpaired) electrons. The van der Waals surface area contributed by atoms with Crippen molar-refractivity contribution in [3.8, 4) is 0 Å². The van der Waals surface area contributed by atoms with Gasteiger partial charge in [0.05, 0.1) is 5.69 Å². The molecular formula is C12H16ClN5O. The largest absolute Gasteiger partial charge is 0.382 e. The first-order valence-electron chi connectivity index (χ1n) is 5.93. The van der Waals surface area contributed by atoms with E-state index >= 15 is 0 Å². The molecule has 2 rings (SSSR count). The Labute approximate surface area is 116 Å². The molecule has 102 valence electrons. The number of rotatable bonds is 4. The van der Waals surface area contributed by atoms with E-state index < -0.39 is 0 Å². The van der Waals surface area contributed by atoms with Crippen LogP contribution in [-0.2, 0) is 0 Å². The highest BCUT2D eigenvalue weighted by atomic mass is 35.5. The van der Waals surface area contributed by atoms with Gasteiger partial charge in [-0.25, -0.2) is 9.97 Å². The Morgan fingerprint density at radius 1 is 1.42 bits per heavy atom. The molecular weight excluding hydrogens is 266 g/mol. The number of anilines is 2. The van der Waals surface area contributed by atoms with Crippen LogP contribution in [0.5, 0.6) is 0 Å². The van der Waals surface area contributed by atoms with Crippen molar-refractivity contribution in [1.29, 1.82) is 0 Å². The molecule has 0 unspecified atom stereocenters. The topological polar surface area (TPSA) is 89.9 Å². The third-order valence-corrected chi connectivity index (χ3v) is 3.35. The zero-order chi connectivity index (χ0) is 14.0. The number of aromatic nitrogens is 3. The summed E-state index contributed by atoms with van der Waals surface area (Å²) in [6, 6.07) is 0. The van der Waals surface area contributed by atoms with E-state index in [1.807, 2.05) is 13.8 Å². The molecule has 0 spiro atoms. The van der Waals surface area contributed by atoms with Crippen LogP contribution in [0.15, 0.2) is 10.9 Å². The van der Waals surface area contributed by atoms with Crippen molar-refractivity contribution in [3.63, 3.8) is 0 Å². The maximum atomic E-state index is 6.02. The molecule has 2 aromatic rings. The maximum absolute atomic E-state index is 6.02. The van der Waals surface area contributed by atoms with E-state index in [9.17, 15) is 0 Å². The smallest absolute Gasteiger partial charge is 0.150 e. The van der Waals surface area contributed by atoms with Crippen molar-refractivity contribution >= 4 is 23.2 Å². The quantitative estimate of drug-likeness (QED) is 0.895. The standard InChI is InChI=1S/C12H16ClN5O/c1-6(9-7(2)18-19-8(9)3)4-15-12-10(13)11(14)16-5-17-12/h5-6H,4H2,1-3H3,(H3,14,15,16,17)/t6-/m1/s1. The van der Waals surface area contributed by atoms with Gasteiger partial charge in [0.1, 0.15) is 28.7 Å². The van der Waals surface area contributed by atoms with Gasteiger partial charge in [-0.15, -0.1) is 0 Å². The molecule has 0 aromatic carbocycles. The van der Waals surface area contributed by atoms with E-state index in [1.54, 1.807) is 0 Å². The van der Waals surface area contributed by atoms with Crippen LogP contribution in [-0.4, -0.2) is 21.7 Å². The molecule has 0 amide bonds. The van der Waals surface area contributed by atoms with Crippen LogP contribution >= 0.6 is 11.6 Å². The number of hydrogen-bond acceptors (Lipinski definition) is 6. The Morgan fingerprint density at radius 3 is 2.79 bits per heavy atom. The van der Waals surface area contributed by atoms with Gasteiger partial charge in [-0.05, 0) is 13.8 Å². The van der Waals surface area contributed by atoms with Gasteiger partial charge in [-0.3, -0.25) is 0 Å². The minimum Gasteiger partial charge on any atom is -0.382 e. The molecule has 2 aromatic heterocycles. The predicted octanol–water partition coefficient (Wildman–Crippen LogP) is 2.53. The molecule has 0 fully saturated rings. The summed E-state index contributed by atoms with van der Waals surface area (Å²) < 4.78 is 5.16. The molecule has 19 heavy (non-hydrogen) atoms. The monoisotopic (exact) mass is 281 g/mol. The van der Waals surface area contributed by atoms with Crippen LogP contribution in [0.4, 0.5) is 11.6 Å². The number of aryl methyl sites for hydroxylation is 2. The lowest BCUT2D eigenvalue weighted by Gasteiger charge is -2.13.